The molecule has 0 bridgehead atoms. The topological polar surface area (TPSA) is 44.1 Å². The smallest absolute Gasteiger partial charge is 0.262 e. The average molecular weight is 238 g/mol. The number of methoxy groups -OCH3 is 1. The van der Waals surface area contributed by atoms with Crippen LogP contribution in [0.15, 0.2) is 17.2 Å². The maximum Gasteiger partial charge on any atom is 0.262 e. The highest BCUT2D eigenvalue weighted by molar-refractivity contribution is 7.18. The highest BCUT2D eigenvalue weighted by Crippen LogP contribution is 2.19. The van der Waals surface area contributed by atoms with Gasteiger partial charge in [0.15, 0.2) is 0 Å². The summed E-state index contributed by atoms with van der Waals surface area (Å²) in [4.78, 5) is 18.3. The molecule has 0 aliphatic carbocycles. The van der Waals surface area contributed by atoms with Gasteiger partial charge in [-0.15, -0.1) is 11.3 Å². The first-order chi connectivity index (χ1) is 7.63. The van der Waals surface area contributed by atoms with E-state index in [0.717, 1.165) is 9.71 Å². The third kappa shape index (κ3) is 1.88. The van der Waals surface area contributed by atoms with Crippen molar-refractivity contribution in [1.82, 2.24) is 9.55 Å². The third-order valence-corrected chi connectivity index (χ3v) is 3.44. The molecule has 0 aliphatic heterocycles. The molecule has 0 aliphatic rings. The van der Waals surface area contributed by atoms with E-state index in [1.807, 2.05) is 19.9 Å². The lowest BCUT2D eigenvalue weighted by atomic mass is 10.3. The molecule has 2 rings (SSSR count). The minimum Gasteiger partial charge on any atom is -0.383 e. The maximum atomic E-state index is 12.1. The van der Waals surface area contributed by atoms with Crippen molar-refractivity contribution in [2.24, 2.45) is 0 Å². The van der Waals surface area contributed by atoms with Crippen LogP contribution in [0.25, 0.3) is 10.2 Å². The minimum atomic E-state index is 0.00889. The van der Waals surface area contributed by atoms with E-state index >= 15 is 0 Å². The second-order valence-corrected chi connectivity index (χ2v) is 5.07. The van der Waals surface area contributed by atoms with Crippen LogP contribution in [0.3, 0.4) is 0 Å². The van der Waals surface area contributed by atoms with Gasteiger partial charge in [-0.1, -0.05) is 0 Å². The summed E-state index contributed by atoms with van der Waals surface area (Å²) in [5, 5.41) is 0.702. The summed E-state index contributed by atoms with van der Waals surface area (Å²) in [7, 11) is 1.63. The van der Waals surface area contributed by atoms with Gasteiger partial charge >= 0.3 is 0 Å². The predicted molar refractivity (Wildman–Crippen MR) is 65.2 cm³/mol. The second kappa shape index (κ2) is 4.35. The van der Waals surface area contributed by atoms with E-state index in [-0.39, 0.29) is 11.6 Å². The summed E-state index contributed by atoms with van der Waals surface area (Å²) in [6.45, 7) is 4.43. The Morgan fingerprint density at radius 1 is 1.62 bits per heavy atom. The number of thiophene rings is 1. The molecule has 0 fully saturated rings. The van der Waals surface area contributed by atoms with Crippen molar-refractivity contribution in [3.63, 3.8) is 0 Å². The Balaban J connectivity index is 2.56. The Bertz CT molecular complexity index is 559. The van der Waals surface area contributed by atoms with Crippen LogP contribution in [-0.2, 0) is 4.74 Å². The van der Waals surface area contributed by atoms with E-state index in [4.69, 9.17) is 4.74 Å². The molecule has 0 N–H and O–H groups in total. The van der Waals surface area contributed by atoms with Crippen LogP contribution in [0.2, 0.25) is 0 Å². The number of aromatic nitrogens is 2. The number of aryl methyl sites for hydroxylation is 1. The maximum absolute atomic E-state index is 12.1. The number of hydrogen-bond acceptors (Lipinski definition) is 4. The number of fused-ring (bicyclic) bond motifs is 1. The van der Waals surface area contributed by atoms with Crippen molar-refractivity contribution >= 4 is 21.6 Å². The van der Waals surface area contributed by atoms with Crippen molar-refractivity contribution in [2.75, 3.05) is 13.7 Å². The molecule has 0 aromatic carbocycles. The monoisotopic (exact) mass is 238 g/mol. The standard InChI is InChI=1S/C11H14N2O2S/c1-7(5-15-3)13-6-12-10-9(11(13)14)4-8(2)16-10/h4,6-7H,5H2,1-3H3. The van der Waals surface area contributed by atoms with Crippen LogP contribution < -0.4 is 5.56 Å². The van der Waals surface area contributed by atoms with E-state index in [1.54, 1.807) is 29.3 Å². The number of rotatable bonds is 3. The summed E-state index contributed by atoms with van der Waals surface area (Å²) in [5.41, 5.74) is 0.0129. The molecule has 0 spiro atoms. The summed E-state index contributed by atoms with van der Waals surface area (Å²) in [6, 6.07) is 1.90. The first-order valence-corrected chi connectivity index (χ1v) is 5.91. The van der Waals surface area contributed by atoms with Crippen LogP contribution in [0, 0.1) is 6.92 Å². The number of nitrogens with zero attached hydrogens (tertiary/aromatic N) is 2. The average Bonchev–Trinajstić information content (AvgIpc) is 2.60. The largest absolute Gasteiger partial charge is 0.383 e. The lowest BCUT2D eigenvalue weighted by Gasteiger charge is -2.12. The van der Waals surface area contributed by atoms with E-state index in [9.17, 15) is 4.79 Å². The second-order valence-electron chi connectivity index (χ2n) is 3.84. The molecule has 0 saturated heterocycles. The normalized spacial score (nSPS) is 13.2. The van der Waals surface area contributed by atoms with Gasteiger partial charge in [-0.25, -0.2) is 4.98 Å². The lowest BCUT2D eigenvalue weighted by molar-refractivity contribution is 0.160. The van der Waals surface area contributed by atoms with Crippen LogP contribution >= 0.6 is 11.3 Å². The fourth-order valence-corrected chi connectivity index (χ4v) is 2.53. The minimum absolute atomic E-state index is 0.00889. The Morgan fingerprint density at radius 2 is 2.38 bits per heavy atom. The molecule has 16 heavy (non-hydrogen) atoms. The van der Waals surface area contributed by atoms with Crippen molar-refractivity contribution in [3.8, 4) is 0 Å². The molecule has 2 heterocycles. The van der Waals surface area contributed by atoms with E-state index < -0.39 is 0 Å². The van der Waals surface area contributed by atoms with Crippen LogP contribution in [-0.4, -0.2) is 23.3 Å². The summed E-state index contributed by atoms with van der Waals surface area (Å²) in [6.07, 6.45) is 1.60. The zero-order valence-corrected chi connectivity index (χ0v) is 10.4. The summed E-state index contributed by atoms with van der Waals surface area (Å²) >= 11 is 1.54. The molecule has 1 unspecified atom stereocenters. The fraction of sp³-hybridized carbons (Fsp3) is 0.455. The van der Waals surface area contributed by atoms with Gasteiger partial charge in [0.2, 0.25) is 0 Å². The predicted octanol–water partition coefficient (Wildman–Crippen LogP) is 1.97. The molecule has 0 radical (unpaired) electrons. The van der Waals surface area contributed by atoms with Gasteiger partial charge in [0, 0.05) is 12.0 Å². The highest BCUT2D eigenvalue weighted by Gasteiger charge is 2.11. The molecule has 2 aromatic rings. The molecular formula is C11H14N2O2S. The molecule has 4 nitrogen and oxygen atoms in total. The van der Waals surface area contributed by atoms with Crippen LogP contribution in [0.4, 0.5) is 0 Å². The Hall–Kier alpha value is -1.20. The molecular weight excluding hydrogens is 224 g/mol. The first kappa shape index (κ1) is 11.3. The zero-order valence-electron chi connectivity index (χ0n) is 9.56. The van der Waals surface area contributed by atoms with Gasteiger partial charge in [0.1, 0.15) is 4.83 Å². The number of ether oxygens (including phenoxy) is 1. The number of hydrogen-bond donors (Lipinski definition) is 0. The van der Waals surface area contributed by atoms with Gasteiger partial charge in [-0.3, -0.25) is 9.36 Å². The van der Waals surface area contributed by atoms with Crippen molar-refractivity contribution in [1.29, 1.82) is 0 Å². The van der Waals surface area contributed by atoms with Crippen LogP contribution in [0.1, 0.15) is 17.8 Å². The molecule has 5 heteroatoms. The van der Waals surface area contributed by atoms with E-state index in [1.165, 1.54) is 0 Å². The Kier molecular flexibility index (Phi) is 3.07. The van der Waals surface area contributed by atoms with Crippen LogP contribution in [0.5, 0.6) is 0 Å². The van der Waals surface area contributed by atoms with Crippen molar-refractivity contribution in [3.05, 3.63) is 27.6 Å². The van der Waals surface area contributed by atoms with Crippen molar-refractivity contribution in [2.45, 2.75) is 19.9 Å². The highest BCUT2D eigenvalue weighted by atomic mass is 32.1. The van der Waals surface area contributed by atoms with Gasteiger partial charge in [-0.2, -0.15) is 0 Å². The Labute approximate surface area is 97.5 Å². The molecule has 0 saturated carbocycles. The van der Waals surface area contributed by atoms with Gasteiger partial charge in [0.25, 0.3) is 5.56 Å². The molecule has 2 aromatic heterocycles. The summed E-state index contributed by atoms with van der Waals surface area (Å²) < 4.78 is 6.67. The van der Waals surface area contributed by atoms with E-state index in [0.29, 0.717) is 12.0 Å². The third-order valence-electron chi connectivity index (χ3n) is 2.48. The lowest BCUT2D eigenvalue weighted by Crippen LogP contribution is -2.25. The molecule has 1 atom stereocenters. The van der Waals surface area contributed by atoms with Gasteiger partial charge in [-0.05, 0) is 19.9 Å². The van der Waals surface area contributed by atoms with Crippen molar-refractivity contribution < 1.29 is 4.74 Å². The molecule has 0 amide bonds. The summed E-state index contributed by atoms with van der Waals surface area (Å²) in [5.74, 6) is 0. The van der Waals surface area contributed by atoms with Gasteiger partial charge in [0.05, 0.1) is 24.4 Å². The van der Waals surface area contributed by atoms with Gasteiger partial charge < -0.3 is 4.74 Å². The molecule has 86 valence electrons. The van der Waals surface area contributed by atoms with E-state index in [2.05, 4.69) is 4.98 Å². The quantitative estimate of drug-likeness (QED) is 0.821. The fourth-order valence-electron chi connectivity index (χ4n) is 1.69. The first-order valence-electron chi connectivity index (χ1n) is 5.09. The Morgan fingerprint density at radius 3 is 3.06 bits per heavy atom. The SMILES string of the molecule is COCC(C)n1cnc2sc(C)cc2c1=O. The zero-order chi connectivity index (χ0) is 11.7.